The van der Waals surface area contributed by atoms with Crippen molar-refractivity contribution in [3.63, 3.8) is 0 Å². The molecular weight excluding hydrogens is 294 g/mol. The molecule has 0 aliphatic carbocycles. The van der Waals surface area contributed by atoms with Crippen LogP contribution in [0, 0.1) is 11.3 Å². The molecule has 0 aliphatic rings. The first kappa shape index (κ1) is 14.5. The smallest absolute Gasteiger partial charge is 0.242 e. The minimum absolute atomic E-state index is 0.0544. The maximum Gasteiger partial charge on any atom is 0.242 e. The van der Waals surface area contributed by atoms with E-state index < -0.39 is 0 Å². The van der Waals surface area contributed by atoms with E-state index in [0.29, 0.717) is 5.56 Å². The molecule has 0 aliphatic heterocycles. The van der Waals surface area contributed by atoms with Crippen LogP contribution >= 0.6 is 15.9 Å². The van der Waals surface area contributed by atoms with E-state index >= 15 is 0 Å². The molecule has 1 aromatic rings. The highest BCUT2D eigenvalue weighted by Crippen LogP contribution is 2.24. The number of nitriles is 1. The zero-order valence-electron chi connectivity index (χ0n) is 10.6. The van der Waals surface area contributed by atoms with Crippen LogP contribution in [0.2, 0.25) is 0 Å². The van der Waals surface area contributed by atoms with Gasteiger partial charge in [0.2, 0.25) is 5.91 Å². The van der Waals surface area contributed by atoms with Gasteiger partial charge in [-0.2, -0.15) is 5.26 Å². The number of carbonyl (C=O) groups is 1. The Balaban J connectivity index is 2.73. The third-order valence-electron chi connectivity index (χ3n) is 2.29. The average molecular weight is 310 g/mol. The molecule has 0 heterocycles. The van der Waals surface area contributed by atoms with Gasteiger partial charge in [0, 0.05) is 16.2 Å². The van der Waals surface area contributed by atoms with Gasteiger partial charge in [-0.1, -0.05) is 0 Å². The number of carbonyl (C=O) groups excluding carboxylic acids is 1. The van der Waals surface area contributed by atoms with Crippen molar-refractivity contribution in [3.05, 3.63) is 28.2 Å². The van der Waals surface area contributed by atoms with Crippen molar-refractivity contribution in [2.75, 3.05) is 5.32 Å². The van der Waals surface area contributed by atoms with Gasteiger partial charge in [-0.05, 0) is 54.9 Å². The maximum atomic E-state index is 11.8. The van der Waals surface area contributed by atoms with Crippen LogP contribution in [-0.4, -0.2) is 18.0 Å². The van der Waals surface area contributed by atoms with Crippen molar-refractivity contribution in [1.29, 1.82) is 5.26 Å². The number of amides is 1. The van der Waals surface area contributed by atoms with Gasteiger partial charge in [-0.3, -0.25) is 4.79 Å². The van der Waals surface area contributed by atoms with Gasteiger partial charge in [0.15, 0.2) is 0 Å². The van der Waals surface area contributed by atoms with Crippen LogP contribution in [0.15, 0.2) is 22.7 Å². The highest BCUT2D eigenvalue weighted by atomic mass is 79.9. The van der Waals surface area contributed by atoms with Crippen molar-refractivity contribution in [2.45, 2.75) is 32.9 Å². The summed E-state index contributed by atoms with van der Waals surface area (Å²) >= 11 is 3.37. The van der Waals surface area contributed by atoms with Gasteiger partial charge in [0.1, 0.15) is 6.04 Å². The predicted octanol–water partition coefficient (Wildman–Crippen LogP) is 2.65. The number of nitrogens with one attached hydrogen (secondary N) is 2. The fourth-order valence-corrected chi connectivity index (χ4v) is 1.90. The Kier molecular flexibility index (Phi) is 5.17. The molecule has 18 heavy (non-hydrogen) atoms. The molecule has 5 heteroatoms. The third-order valence-corrected chi connectivity index (χ3v) is 2.95. The second-order valence-electron chi connectivity index (χ2n) is 4.34. The molecule has 1 rings (SSSR count). The first-order valence-corrected chi connectivity index (χ1v) is 6.50. The fourth-order valence-electron chi connectivity index (χ4n) is 1.41. The molecule has 0 saturated heterocycles. The largest absolute Gasteiger partial charge is 0.373 e. The lowest BCUT2D eigenvalue weighted by Crippen LogP contribution is -2.41. The van der Waals surface area contributed by atoms with E-state index in [0.717, 1.165) is 10.2 Å². The highest BCUT2D eigenvalue weighted by molar-refractivity contribution is 9.10. The average Bonchev–Trinajstić information content (AvgIpc) is 2.30. The molecule has 4 nitrogen and oxygen atoms in total. The van der Waals surface area contributed by atoms with Crippen molar-refractivity contribution in [1.82, 2.24) is 5.32 Å². The zero-order valence-corrected chi connectivity index (χ0v) is 12.2. The quantitative estimate of drug-likeness (QED) is 0.898. The molecular formula is C13H16BrN3O. The minimum atomic E-state index is -0.336. The van der Waals surface area contributed by atoms with Crippen LogP contribution in [-0.2, 0) is 4.79 Å². The standard InChI is InChI=1S/C13H16BrN3O/c1-8(2)16-13(18)9(3)17-12-5-4-10(7-15)6-11(12)14/h4-6,8-9,17H,1-3H3,(H,16,18). The van der Waals surface area contributed by atoms with E-state index in [1.165, 1.54) is 0 Å². The lowest BCUT2D eigenvalue weighted by molar-refractivity contribution is -0.122. The summed E-state index contributed by atoms with van der Waals surface area (Å²) in [6.45, 7) is 5.63. The second kappa shape index (κ2) is 6.41. The molecule has 0 bridgehead atoms. The lowest BCUT2D eigenvalue weighted by atomic mass is 10.2. The van der Waals surface area contributed by atoms with E-state index in [2.05, 4.69) is 32.6 Å². The van der Waals surface area contributed by atoms with E-state index in [4.69, 9.17) is 5.26 Å². The maximum absolute atomic E-state index is 11.8. The fraction of sp³-hybridized carbons (Fsp3) is 0.385. The summed E-state index contributed by atoms with van der Waals surface area (Å²) in [5.74, 6) is -0.0544. The number of benzene rings is 1. The van der Waals surface area contributed by atoms with Crippen molar-refractivity contribution >= 4 is 27.5 Å². The predicted molar refractivity (Wildman–Crippen MR) is 75.2 cm³/mol. The molecule has 0 aromatic heterocycles. The van der Waals surface area contributed by atoms with E-state index in [1.54, 1.807) is 25.1 Å². The molecule has 0 radical (unpaired) electrons. The lowest BCUT2D eigenvalue weighted by Gasteiger charge is -2.17. The van der Waals surface area contributed by atoms with E-state index in [-0.39, 0.29) is 18.0 Å². The summed E-state index contributed by atoms with van der Waals surface area (Å²) in [5, 5.41) is 14.7. The molecule has 1 aromatic carbocycles. The molecule has 0 fully saturated rings. The third kappa shape index (κ3) is 4.04. The van der Waals surface area contributed by atoms with Crippen molar-refractivity contribution in [3.8, 4) is 6.07 Å². The first-order valence-electron chi connectivity index (χ1n) is 5.70. The van der Waals surface area contributed by atoms with Crippen LogP contribution in [0.4, 0.5) is 5.69 Å². The molecule has 1 unspecified atom stereocenters. The first-order chi connectivity index (χ1) is 8.43. The highest BCUT2D eigenvalue weighted by Gasteiger charge is 2.14. The number of hydrogen-bond acceptors (Lipinski definition) is 3. The van der Waals surface area contributed by atoms with Crippen LogP contribution in [0.1, 0.15) is 26.3 Å². The number of anilines is 1. The number of nitrogens with zero attached hydrogens (tertiary/aromatic N) is 1. The molecule has 1 amide bonds. The summed E-state index contributed by atoms with van der Waals surface area (Å²) in [7, 11) is 0. The summed E-state index contributed by atoms with van der Waals surface area (Å²) < 4.78 is 0.769. The molecule has 2 N–H and O–H groups in total. The van der Waals surface area contributed by atoms with Crippen LogP contribution in [0.25, 0.3) is 0 Å². The zero-order chi connectivity index (χ0) is 13.7. The number of rotatable bonds is 4. The normalized spacial score (nSPS) is 11.8. The van der Waals surface area contributed by atoms with Gasteiger partial charge >= 0.3 is 0 Å². The summed E-state index contributed by atoms with van der Waals surface area (Å²) in [5.41, 5.74) is 1.37. The van der Waals surface area contributed by atoms with E-state index in [1.807, 2.05) is 13.8 Å². The summed E-state index contributed by atoms with van der Waals surface area (Å²) in [6.07, 6.45) is 0. The summed E-state index contributed by atoms with van der Waals surface area (Å²) in [6, 6.07) is 7.05. The van der Waals surface area contributed by atoms with Crippen LogP contribution < -0.4 is 10.6 Å². The Hall–Kier alpha value is -1.54. The van der Waals surface area contributed by atoms with Crippen LogP contribution in [0.3, 0.4) is 0 Å². The van der Waals surface area contributed by atoms with Gasteiger partial charge in [-0.15, -0.1) is 0 Å². The van der Waals surface area contributed by atoms with E-state index in [9.17, 15) is 4.79 Å². The Morgan fingerprint density at radius 2 is 2.06 bits per heavy atom. The van der Waals surface area contributed by atoms with Gasteiger partial charge in [-0.25, -0.2) is 0 Å². The van der Waals surface area contributed by atoms with Crippen LogP contribution in [0.5, 0.6) is 0 Å². The number of halogens is 1. The van der Waals surface area contributed by atoms with Crippen molar-refractivity contribution < 1.29 is 4.79 Å². The SMILES string of the molecule is CC(C)NC(=O)C(C)Nc1ccc(C#N)cc1Br. The number of hydrogen-bond donors (Lipinski definition) is 2. The molecule has 0 saturated carbocycles. The monoisotopic (exact) mass is 309 g/mol. The van der Waals surface area contributed by atoms with Gasteiger partial charge in [0.05, 0.1) is 11.6 Å². The second-order valence-corrected chi connectivity index (χ2v) is 5.19. The Morgan fingerprint density at radius 1 is 1.39 bits per heavy atom. The van der Waals surface area contributed by atoms with Gasteiger partial charge in [0.25, 0.3) is 0 Å². The Morgan fingerprint density at radius 3 is 2.56 bits per heavy atom. The van der Waals surface area contributed by atoms with Crippen molar-refractivity contribution in [2.24, 2.45) is 0 Å². The summed E-state index contributed by atoms with van der Waals surface area (Å²) in [4.78, 5) is 11.8. The topological polar surface area (TPSA) is 64.9 Å². The van der Waals surface area contributed by atoms with Gasteiger partial charge < -0.3 is 10.6 Å². The molecule has 96 valence electrons. The Labute approximate surface area is 116 Å². The minimum Gasteiger partial charge on any atom is -0.373 e. The Bertz CT molecular complexity index is 480. The molecule has 0 spiro atoms. The molecule has 1 atom stereocenters.